The average Bonchev–Trinajstić information content (AvgIpc) is 3.37. The Bertz CT molecular complexity index is 1210. The Hall–Kier alpha value is -4.52. The van der Waals surface area contributed by atoms with Crippen LogP contribution in [0.1, 0.15) is 20.7 Å². The summed E-state index contributed by atoms with van der Waals surface area (Å²) in [5.74, 6) is -0.318. The van der Waals surface area contributed by atoms with Gasteiger partial charge in [0.15, 0.2) is 0 Å². The number of hydrogen-bond acceptors (Lipinski definition) is 4. The average molecular weight is 440 g/mol. The molecule has 0 aliphatic rings. The molecule has 4 aromatic rings. The van der Waals surface area contributed by atoms with Gasteiger partial charge < -0.3 is 25.8 Å². The fourth-order valence-electron chi connectivity index (χ4n) is 3.22. The number of aromatic amines is 1. The second kappa shape index (κ2) is 9.74. The third-order valence-electron chi connectivity index (χ3n) is 5.08. The predicted molar refractivity (Wildman–Crippen MR) is 134 cm³/mol. The highest BCUT2D eigenvalue weighted by Gasteiger charge is 2.08. The molecule has 166 valence electrons. The van der Waals surface area contributed by atoms with Gasteiger partial charge in [-0.1, -0.05) is 0 Å². The van der Waals surface area contributed by atoms with Crippen molar-refractivity contribution < 1.29 is 9.59 Å². The fraction of sp³-hybridized carbons (Fsp3) is 0.0769. The Morgan fingerprint density at radius 2 is 1.12 bits per heavy atom. The largest absolute Gasteiger partial charge is 0.378 e. The molecule has 7 nitrogen and oxygen atoms in total. The Balaban J connectivity index is 1.32. The van der Waals surface area contributed by atoms with Crippen molar-refractivity contribution in [2.24, 2.45) is 0 Å². The quantitative estimate of drug-likeness (QED) is 0.313. The van der Waals surface area contributed by atoms with Crippen LogP contribution in [0.3, 0.4) is 0 Å². The Kier molecular flexibility index (Phi) is 6.40. The molecule has 0 saturated heterocycles. The first-order valence-electron chi connectivity index (χ1n) is 10.5. The standard InChI is InChI=1S/C26H25N5O2/c1-31(2)24-13-3-18(4-14-24)25(32)29-22-9-5-20(6-10-22)28-21-7-11-23(12-8-21)30-26(33)19-15-16-27-17-19/h3-17,27-28H,1-2H3,(H,29,32)(H,30,33). The molecule has 33 heavy (non-hydrogen) atoms. The maximum atomic E-state index is 12.5. The first-order chi connectivity index (χ1) is 16.0. The number of nitrogens with one attached hydrogen (secondary N) is 4. The molecule has 7 heteroatoms. The molecule has 1 aromatic heterocycles. The number of benzene rings is 3. The lowest BCUT2D eigenvalue weighted by Crippen LogP contribution is -2.13. The lowest BCUT2D eigenvalue weighted by Gasteiger charge is -2.13. The van der Waals surface area contributed by atoms with Crippen molar-refractivity contribution >= 4 is 40.3 Å². The van der Waals surface area contributed by atoms with E-state index in [1.165, 1.54) is 0 Å². The van der Waals surface area contributed by atoms with Gasteiger partial charge in [0.2, 0.25) is 0 Å². The number of anilines is 5. The molecule has 0 atom stereocenters. The van der Waals surface area contributed by atoms with Crippen molar-refractivity contribution in [2.45, 2.75) is 0 Å². The van der Waals surface area contributed by atoms with Crippen LogP contribution in [-0.4, -0.2) is 30.9 Å². The van der Waals surface area contributed by atoms with Crippen molar-refractivity contribution in [1.82, 2.24) is 4.98 Å². The summed E-state index contributed by atoms with van der Waals surface area (Å²) in [6.07, 6.45) is 3.36. The number of H-pyrrole nitrogens is 1. The summed E-state index contributed by atoms with van der Waals surface area (Å²) in [6, 6.07) is 24.1. The van der Waals surface area contributed by atoms with E-state index in [2.05, 4.69) is 20.9 Å². The van der Waals surface area contributed by atoms with E-state index in [1.807, 2.05) is 91.8 Å². The summed E-state index contributed by atoms with van der Waals surface area (Å²) in [5, 5.41) is 9.07. The predicted octanol–water partition coefficient (Wildman–Crippen LogP) is 5.33. The number of rotatable bonds is 7. The van der Waals surface area contributed by atoms with Gasteiger partial charge in [-0.05, 0) is 78.9 Å². The first-order valence-corrected chi connectivity index (χ1v) is 10.5. The number of carbonyl (C=O) groups excluding carboxylic acids is 2. The van der Waals surface area contributed by atoms with Crippen LogP contribution in [0.2, 0.25) is 0 Å². The van der Waals surface area contributed by atoms with Crippen LogP contribution in [0.15, 0.2) is 91.3 Å². The summed E-state index contributed by atoms with van der Waals surface area (Å²) in [5.41, 5.74) is 5.41. The van der Waals surface area contributed by atoms with Crippen LogP contribution >= 0.6 is 0 Å². The Morgan fingerprint density at radius 1 is 0.636 bits per heavy atom. The smallest absolute Gasteiger partial charge is 0.257 e. The third-order valence-corrected chi connectivity index (χ3v) is 5.08. The van der Waals surface area contributed by atoms with Gasteiger partial charge in [0, 0.05) is 60.5 Å². The van der Waals surface area contributed by atoms with Gasteiger partial charge in [0.1, 0.15) is 0 Å². The van der Waals surface area contributed by atoms with Crippen molar-refractivity contribution in [3.8, 4) is 0 Å². The van der Waals surface area contributed by atoms with Crippen LogP contribution in [-0.2, 0) is 0 Å². The second-order valence-electron chi connectivity index (χ2n) is 7.73. The Morgan fingerprint density at radius 3 is 1.58 bits per heavy atom. The zero-order valence-electron chi connectivity index (χ0n) is 18.4. The molecule has 0 fully saturated rings. The summed E-state index contributed by atoms with van der Waals surface area (Å²) in [4.78, 5) is 29.4. The number of carbonyl (C=O) groups is 2. The maximum Gasteiger partial charge on any atom is 0.257 e. The summed E-state index contributed by atoms with van der Waals surface area (Å²) >= 11 is 0. The highest BCUT2D eigenvalue weighted by molar-refractivity contribution is 6.05. The summed E-state index contributed by atoms with van der Waals surface area (Å²) < 4.78 is 0. The van der Waals surface area contributed by atoms with E-state index in [-0.39, 0.29) is 11.8 Å². The van der Waals surface area contributed by atoms with Crippen LogP contribution in [0, 0.1) is 0 Å². The third kappa shape index (κ3) is 5.59. The van der Waals surface area contributed by atoms with E-state index in [1.54, 1.807) is 18.5 Å². The summed E-state index contributed by atoms with van der Waals surface area (Å²) in [6.45, 7) is 0. The van der Waals surface area contributed by atoms with Crippen LogP contribution < -0.4 is 20.9 Å². The van der Waals surface area contributed by atoms with E-state index < -0.39 is 0 Å². The van der Waals surface area contributed by atoms with E-state index in [0.29, 0.717) is 22.5 Å². The molecule has 0 bridgehead atoms. The maximum absolute atomic E-state index is 12.5. The molecule has 4 N–H and O–H groups in total. The molecule has 2 amide bonds. The molecular formula is C26H25N5O2. The van der Waals surface area contributed by atoms with Gasteiger partial charge in [0.25, 0.3) is 11.8 Å². The van der Waals surface area contributed by atoms with Crippen molar-refractivity contribution in [3.05, 3.63) is 102 Å². The number of amides is 2. The van der Waals surface area contributed by atoms with Crippen molar-refractivity contribution in [2.75, 3.05) is 34.9 Å². The molecule has 0 unspecified atom stereocenters. The van der Waals surface area contributed by atoms with Gasteiger partial charge in [-0.2, -0.15) is 0 Å². The molecule has 0 aliphatic carbocycles. The van der Waals surface area contributed by atoms with E-state index in [9.17, 15) is 9.59 Å². The molecule has 3 aromatic carbocycles. The van der Waals surface area contributed by atoms with Gasteiger partial charge in [0.05, 0.1) is 5.56 Å². The monoisotopic (exact) mass is 439 g/mol. The molecular weight excluding hydrogens is 414 g/mol. The van der Waals surface area contributed by atoms with Crippen molar-refractivity contribution in [1.29, 1.82) is 0 Å². The minimum atomic E-state index is -0.164. The van der Waals surface area contributed by atoms with Crippen molar-refractivity contribution in [3.63, 3.8) is 0 Å². The normalized spacial score (nSPS) is 10.4. The zero-order chi connectivity index (χ0) is 23.2. The highest BCUT2D eigenvalue weighted by atomic mass is 16.2. The molecule has 0 radical (unpaired) electrons. The molecule has 0 saturated carbocycles. The molecule has 4 rings (SSSR count). The molecule has 1 heterocycles. The lowest BCUT2D eigenvalue weighted by atomic mass is 10.2. The highest BCUT2D eigenvalue weighted by Crippen LogP contribution is 2.22. The topological polar surface area (TPSA) is 89.3 Å². The molecule has 0 aliphatic heterocycles. The minimum Gasteiger partial charge on any atom is -0.378 e. The first kappa shape index (κ1) is 21.7. The number of nitrogens with zero attached hydrogens (tertiary/aromatic N) is 1. The minimum absolute atomic E-state index is 0.154. The summed E-state index contributed by atoms with van der Waals surface area (Å²) in [7, 11) is 3.92. The number of hydrogen-bond donors (Lipinski definition) is 4. The molecule has 0 spiro atoms. The SMILES string of the molecule is CN(C)c1ccc(C(=O)Nc2ccc(Nc3ccc(NC(=O)c4cc[nH]c4)cc3)cc2)cc1. The van der Waals surface area contributed by atoms with Crippen LogP contribution in [0.5, 0.6) is 0 Å². The Labute approximate surface area is 192 Å². The second-order valence-corrected chi connectivity index (χ2v) is 7.73. The van der Waals surface area contributed by atoms with Crippen LogP contribution in [0.25, 0.3) is 0 Å². The van der Waals surface area contributed by atoms with Crippen LogP contribution in [0.4, 0.5) is 28.4 Å². The van der Waals surface area contributed by atoms with Gasteiger partial charge in [-0.25, -0.2) is 0 Å². The van der Waals surface area contributed by atoms with Gasteiger partial charge in [-0.3, -0.25) is 9.59 Å². The van der Waals surface area contributed by atoms with Gasteiger partial charge >= 0.3 is 0 Å². The van der Waals surface area contributed by atoms with Gasteiger partial charge in [-0.15, -0.1) is 0 Å². The van der Waals surface area contributed by atoms with E-state index >= 15 is 0 Å². The van der Waals surface area contributed by atoms with E-state index in [4.69, 9.17) is 0 Å². The zero-order valence-corrected chi connectivity index (χ0v) is 18.4. The lowest BCUT2D eigenvalue weighted by molar-refractivity contribution is 0.101. The fourth-order valence-corrected chi connectivity index (χ4v) is 3.22. The van der Waals surface area contributed by atoms with E-state index in [0.717, 1.165) is 17.1 Å². The number of aromatic nitrogens is 1.